The minimum absolute atomic E-state index is 0.157. The average molecular weight is 492 g/mol. The molecule has 3 N–H and O–H groups in total. The molecule has 3 aromatic rings. The maximum Gasteiger partial charge on any atom is 0.169 e. The van der Waals surface area contributed by atoms with Crippen LogP contribution >= 0.6 is 11.6 Å². The topological polar surface area (TPSA) is 94.6 Å². The second-order valence-electron chi connectivity index (χ2n) is 8.90. The zero-order valence-electron chi connectivity index (χ0n) is 20.2. The Hall–Kier alpha value is -3.54. The fourth-order valence-electron chi connectivity index (χ4n) is 4.13. The summed E-state index contributed by atoms with van der Waals surface area (Å²) in [6.45, 7) is 5.12. The Morgan fingerprint density at radius 1 is 1.14 bits per heavy atom. The summed E-state index contributed by atoms with van der Waals surface area (Å²) in [5.41, 5.74) is 9.89. The number of aromatic nitrogens is 3. The van der Waals surface area contributed by atoms with E-state index >= 15 is 0 Å². The van der Waals surface area contributed by atoms with Gasteiger partial charge in [-0.05, 0) is 57.6 Å². The number of rotatable bonds is 4. The zero-order valence-corrected chi connectivity index (χ0v) is 21.0. The molecular formula is C26H30ClN7O. The van der Waals surface area contributed by atoms with Crippen LogP contribution in [0.4, 0.5) is 17.2 Å². The molecule has 0 amide bonds. The van der Waals surface area contributed by atoms with Crippen molar-refractivity contribution in [3.8, 4) is 28.8 Å². The molecular weight excluding hydrogens is 462 g/mol. The SMILES string of the molecule is C[C@H]1CCN(c2cc(-c3ccccc3O)nnc2N)CCN1c1cc(C#CCN(C)C)ncc1Cl. The molecule has 1 atom stereocenters. The highest BCUT2D eigenvalue weighted by Gasteiger charge is 2.25. The molecule has 8 nitrogen and oxygen atoms in total. The lowest BCUT2D eigenvalue weighted by molar-refractivity contribution is 0.464. The van der Waals surface area contributed by atoms with Crippen LogP contribution in [-0.2, 0) is 0 Å². The summed E-state index contributed by atoms with van der Waals surface area (Å²) in [6, 6.07) is 11.2. The van der Waals surface area contributed by atoms with Gasteiger partial charge in [0.1, 0.15) is 11.4 Å². The van der Waals surface area contributed by atoms with Gasteiger partial charge < -0.3 is 20.6 Å². The van der Waals surface area contributed by atoms with Crippen molar-refractivity contribution in [1.82, 2.24) is 20.1 Å². The minimum Gasteiger partial charge on any atom is -0.507 e. The third-order valence-electron chi connectivity index (χ3n) is 6.04. The Bertz CT molecular complexity index is 1250. The lowest BCUT2D eigenvalue weighted by atomic mass is 10.1. The van der Waals surface area contributed by atoms with E-state index in [0.717, 1.165) is 37.4 Å². The normalized spacial score (nSPS) is 16.1. The second kappa shape index (κ2) is 10.8. The van der Waals surface area contributed by atoms with E-state index in [1.165, 1.54) is 0 Å². The van der Waals surface area contributed by atoms with Gasteiger partial charge in [0.05, 0.1) is 28.6 Å². The minimum atomic E-state index is 0.157. The number of nitrogens with two attached hydrogens (primary N) is 1. The number of nitrogens with zero attached hydrogens (tertiary/aromatic N) is 6. The fourth-order valence-corrected chi connectivity index (χ4v) is 4.34. The number of aromatic hydroxyl groups is 1. The van der Waals surface area contributed by atoms with E-state index < -0.39 is 0 Å². The monoisotopic (exact) mass is 491 g/mol. The lowest BCUT2D eigenvalue weighted by Crippen LogP contribution is -2.35. The predicted molar refractivity (Wildman–Crippen MR) is 142 cm³/mol. The van der Waals surface area contributed by atoms with Crippen molar-refractivity contribution >= 4 is 28.8 Å². The van der Waals surface area contributed by atoms with Gasteiger partial charge in [-0.3, -0.25) is 4.90 Å². The van der Waals surface area contributed by atoms with Crippen molar-refractivity contribution in [2.24, 2.45) is 0 Å². The highest BCUT2D eigenvalue weighted by Crippen LogP contribution is 2.33. The molecule has 9 heteroatoms. The number of phenolic OH excluding ortho intramolecular Hbond substituents is 1. The molecule has 2 aromatic heterocycles. The quantitative estimate of drug-likeness (QED) is 0.535. The number of nitrogen functional groups attached to an aromatic ring is 1. The number of phenols is 1. The molecule has 1 aliphatic heterocycles. The zero-order chi connectivity index (χ0) is 24.9. The highest BCUT2D eigenvalue weighted by molar-refractivity contribution is 6.33. The van der Waals surface area contributed by atoms with Crippen molar-refractivity contribution in [3.63, 3.8) is 0 Å². The fraction of sp³-hybridized carbons (Fsp3) is 0.346. The first-order chi connectivity index (χ1) is 16.8. The van der Waals surface area contributed by atoms with Gasteiger partial charge in [0.15, 0.2) is 5.82 Å². The van der Waals surface area contributed by atoms with Gasteiger partial charge >= 0.3 is 0 Å². The number of benzene rings is 1. The van der Waals surface area contributed by atoms with E-state index in [9.17, 15) is 5.11 Å². The Morgan fingerprint density at radius 2 is 1.94 bits per heavy atom. The number of para-hydroxylation sites is 1. The van der Waals surface area contributed by atoms with Crippen LogP contribution in [0.25, 0.3) is 11.3 Å². The molecule has 182 valence electrons. The lowest BCUT2D eigenvalue weighted by Gasteiger charge is -2.30. The highest BCUT2D eigenvalue weighted by atomic mass is 35.5. The van der Waals surface area contributed by atoms with Crippen LogP contribution in [0.2, 0.25) is 5.02 Å². The standard InChI is InChI=1S/C26H30ClN7O/c1-18-10-12-33(24-16-22(30-31-26(24)28)20-8-4-5-9-25(20)35)13-14-34(18)23-15-19(29-17-21(23)27)7-6-11-32(2)3/h4-5,8-9,15-18,35H,10-14H2,1-3H3,(H2,28,31)/t18-/m0/s1. The van der Waals surface area contributed by atoms with Gasteiger partial charge in [0.2, 0.25) is 0 Å². The maximum atomic E-state index is 10.3. The number of hydrogen-bond acceptors (Lipinski definition) is 8. The molecule has 1 fully saturated rings. The predicted octanol–water partition coefficient (Wildman–Crippen LogP) is 3.50. The molecule has 0 radical (unpaired) electrons. The Balaban J connectivity index is 1.58. The number of hydrogen-bond donors (Lipinski definition) is 2. The summed E-state index contributed by atoms with van der Waals surface area (Å²) in [4.78, 5) is 10.9. The van der Waals surface area contributed by atoms with Crippen molar-refractivity contribution in [1.29, 1.82) is 0 Å². The van der Waals surface area contributed by atoms with Crippen LogP contribution < -0.4 is 15.5 Å². The molecule has 1 saturated heterocycles. The van der Waals surface area contributed by atoms with E-state index in [1.54, 1.807) is 18.3 Å². The smallest absolute Gasteiger partial charge is 0.169 e. The van der Waals surface area contributed by atoms with Crippen molar-refractivity contribution in [3.05, 3.63) is 53.3 Å². The summed E-state index contributed by atoms with van der Waals surface area (Å²) in [6.07, 6.45) is 2.57. The van der Waals surface area contributed by atoms with Gasteiger partial charge in [-0.25, -0.2) is 4.98 Å². The Labute approximate surface area is 211 Å². The van der Waals surface area contributed by atoms with Crippen LogP contribution in [-0.4, -0.2) is 71.5 Å². The van der Waals surface area contributed by atoms with Crippen molar-refractivity contribution in [2.45, 2.75) is 19.4 Å². The molecule has 0 saturated carbocycles. The first-order valence-electron chi connectivity index (χ1n) is 11.6. The molecule has 0 bridgehead atoms. The van der Waals surface area contributed by atoms with E-state index in [4.69, 9.17) is 17.3 Å². The van der Waals surface area contributed by atoms with Crippen LogP contribution in [0, 0.1) is 11.8 Å². The molecule has 1 aromatic carbocycles. The third-order valence-corrected chi connectivity index (χ3v) is 6.33. The van der Waals surface area contributed by atoms with Crippen LogP contribution in [0.5, 0.6) is 5.75 Å². The molecule has 4 rings (SSSR count). The number of halogens is 1. The molecule has 3 heterocycles. The van der Waals surface area contributed by atoms with Gasteiger partial charge in [0, 0.05) is 37.4 Å². The van der Waals surface area contributed by atoms with Crippen LogP contribution in [0.3, 0.4) is 0 Å². The summed E-state index contributed by atoms with van der Waals surface area (Å²) >= 11 is 6.58. The largest absolute Gasteiger partial charge is 0.507 e. The van der Waals surface area contributed by atoms with Gasteiger partial charge in [-0.1, -0.05) is 29.7 Å². The first kappa shape index (κ1) is 24.6. The van der Waals surface area contributed by atoms with Gasteiger partial charge in [-0.2, -0.15) is 0 Å². The number of pyridine rings is 1. The molecule has 1 aliphatic rings. The molecule has 0 unspecified atom stereocenters. The average Bonchev–Trinajstić information content (AvgIpc) is 3.02. The van der Waals surface area contributed by atoms with Crippen LogP contribution in [0.1, 0.15) is 19.0 Å². The van der Waals surface area contributed by atoms with Gasteiger partial charge in [-0.15, -0.1) is 10.2 Å². The molecule has 0 aliphatic carbocycles. The van der Waals surface area contributed by atoms with Crippen LogP contribution in [0.15, 0.2) is 42.6 Å². The van der Waals surface area contributed by atoms with E-state index in [1.807, 2.05) is 43.3 Å². The van der Waals surface area contributed by atoms with Gasteiger partial charge in [0.25, 0.3) is 0 Å². The molecule has 35 heavy (non-hydrogen) atoms. The third kappa shape index (κ3) is 5.76. The number of anilines is 3. The first-order valence-corrected chi connectivity index (χ1v) is 11.9. The van der Waals surface area contributed by atoms with Crippen molar-refractivity contribution in [2.75, 3.05) is 55.8 Å². The van der Waals surface area contributed by atoms with E-state index in [2.05, 4.69) is 43.7 Å². The Morgan fingerprint density at radius 3 is 2.71 bits per heavy atom. The summed E-state index contributed by atoms with van der Waals surface area (Å²) in [5.74, 6) is 6.79. The summed E-state index contributed by atoms with van der Waals surface area (Å²) < 4.78 is 0. The molecule has 0 spiro atoms. The summed E-state index contributed by atoms with van der Waals surface area (Å²) in [7, 11) is 3.97. The second-order valence-corrected chi connectivity index (χ2v) is 9.30. The van der Waals surface area contributed by atoms with E-state index in [-0.39, 0.29) is 11.8 Å². The maximum absolute atomic E-state index is 10.3. The Kier molecular flexibility index (Phi) is 7.59. The van der Waals surface area contributed by atoms with E-state index in [0.29, 0.717) is 34.3 Å². The van der Waals surface area contributed by atoms with Crippen molar-refractivity contribution < 1.29 is 5.11 Å². The summed E-state index contributed by atoms with van der Waals surface area (Å²) in [5, 5.41) is 19.3.